The van der Waals surface area contributed by atoms with Crippen molar-refractivity contribution in [2.24, 2.45) is 18.7 Å². The van der Waals surface area contributed by atoms with Gasteiger partial charge >= 0.3 is 0 Å². The number of amides is 1. The van der Waals surface area contributed by atoms with Crippen LogP contribution >= 0.6 is 0 Å². The van der Waals surface area contributed by atoms with Crippen LogP contribution in [0.3, 0.4) is 0 Å². The molecule has 1 aromatic heterocycles. The van der Waals surface area contributed by atoms with Crippen molar-refractivity contribution >= 4 is 50.0 Å². The smallest absolute Gasteiger partial charge is 0.227 e. The lowest BCUT2D eigenvalue weighted by atomic mass is 9.91. The first-order chi connectivity index (χ1) is 26.4. The number of imidazole rings is 1. The van der Waals surface area contributed by atoms with E-state index in [4.69, 9.17) is 16.1 Å². The SMILES string of the molecule is Cn1c(CCc2ccc(C(=N)N)cc2)nc2cc(N(Cc3c4ccccc4cc4ccccc34)C(=O)CCC3CCN(Cc4ccccc4)CC3)ccc21. The molecule has 1 aliphatic rings. The number of fused-ring (bicyclic) bond motifs is 3. The van der Waals surface area contributed by atoms with Gasteiger partial charge in [0.2, 0.25) is 5.91 Å². The molecule has 1 amide bonds. The molecule has 7 aromatic rings. The van der Waals surface area contributed by atoms with Crippen molar-refractivity contribution in [2.75, 3.05) is 18.0 Å². The Labute approximate surface area is 317 Å². The number of carbonyl (C=O) groups is 1. The Morgan fingerprint density at radius 2 is 1.46 bits per heavy atom. The Morgan fingerprint density at radius 1 is 0.796 bits per heavy atom. The number of nitrogens with one attached hydrogen (secondary N) is 1. The summed E-state index contributed by atoms with van der Waals surface area (Å²) in [6, 6.07) is 44.2. The minimum atomic E-state index is 0.0775. The maximum atomic E-state index is 14.6. The largest absolute Gasteiger partial charge is 0.384 e. The summed E-state index contributed by atoms with van der Waals surface area (Å²) >= 11 is 0. The molecule has 2 heterocycles. The van der Waals surface area contributed by atoms with E-state index < -0.39 is 0 Å². The molecule has 3 N–H and O–H groups in total. The van der Waals surface area contributed by atoms with E-state index in [1.165, 1.54) is 38.2 Å². The van der Waals surface area contributed by atoms with Gasteiger partial charge in [-0.05, 0) is 107 Å². The standard InChI is InChI=1S/C47H48N6O/c1-51-44-22-21-39(30-43(44)50-45(51)23-17-33-15-19-36(20-16-33)47(48)49)53(32-42-40-13-7-5-11-37(40)29-38-12-6-8-14-41(38)42)46(54)24-18-34-25-27-52(28-26-34)31-35-9-3-2-4-10-35/h2-16,19-22,29-30,34H,17-18,23-28,31-32H2,1H3,(H3,48,49). The monoisotopic (exact) mass is 712 g/mol. The molecule has 8 rings (SSSR count). The molecule has 6 aromatic carbocycles. The van der Waals surface area contributed by atoms with Gasteiger partial charge in [0.15, 0.2) is 0 Å². The van der Waals surface area contributed by atoms with E-state index in [1.54, 1.807) is 0 Å². The lowest BCUT2D eigenvalue weighted by molar-refractivity contribution is -0.119. The van der Waals surface area contributed by atoms with Gasteiger partial charge in [-0.15, -0.1) is 0 Å². The van der Waals surface area contributed by atoms with Gasteiger partial charge in [-0.25, -0.2) is 4.98 Å². The molecule has 1 aliphatic heterocycles. The van der Waals surface area contributed by atoms with Gasteiger partial charge in [0.05, 0.1) is 17.6 Å². The van der Waals surface area contributed by atoms with Gasteiger partial charge in [0.1, 0.15) is 11.7 Å². The summed E-state index contributed by atoms with van der Waals surface area (Å²) in [5, 5.41) is 12.4. The third-order valence-corrected chi connectivity index (χ3v) is 11.4. The fourth-order valence-electron chi connectivity index (χ4n) is 8.23. The number of nitrogens with zero attached hydrogens (tertiary/aromatic N) is 4. The molecule has 0 bridgehead atoms. The summed E-state index contributed by atoms with van der Waals surface area (Å²) in [6.45, 7) is 3.62. The van der Waals surface area contributed by atoms with Crippen LogP contribution in [0.4, 0.5) is 5.69 Å². The fourth-order valence-corrected chi connectivity index (χ4v) is 8.23. The molecular weight excluding hydrogens is 665 g/mol. The molecule has 7 nitrogen and oxygen atoms in total. The number of hydrogen-bond acceptors (Lipinski definition) is 4. The number of piperidine rings is 1. The Kier molecular flexibility index (Phi) is 10.2. The number of likely N-dealkylation sites (tertiary alicyclic amines) is 1. The van der Waals surface area contributed by atoms with Crippen LogP contribution in [-0.2, 0) is 37.8 Å². The molecule has 7 heteroatoms. The van der Waals surface area contributed by atoms with E-state index in [2.05, 4.69) is 120 Å². The predicted molar refractivity (Wildman–Crippen MR) is 222 cm³/mol. The number of nitrogens with two attached hydrogens (primary N) is 1. The number of hydrogen-bond donors (Lipinski definition) is 2. The Bertz CT molecular complexity index is 2370. The van der Waals surface area contributed by atoms with E-state index >= 15 is 0 Å². The molecule has 272 valence electrons. The molecule has 0 unspecified atom stereocenters. The van der Waals surface area contributed by atoms with Gasteiger partial charge < -0.3 is 15.2 Å². The van der Waals surface area contributed by atoms with Crippen LogP contribution < -0.4 is 10.6 Å². The van der Waals surface area contributed by atoms with Gasteiger partial charge in [-0.2, -0.15) is 0 Å². The Balaban J connectivity index is 1.05. The van der Waals surface area contributed by atoms with Crippen LogP contribution in [0, 0.1) is 11.3 Å². The van der Waals surface area contributed by atoms with Crippen LogP contribution in [0.2, 0.25) is 0 Å². The summed E-state index contributed by atoms with van der Waals surface area (Å²) in [5.41, 5.74) is 12.9. The topological polar surface area (TPSA) is 91.2 Å². The van der Waals surface area contributed by atoms with Crippen molar-refractivity contribution in [1.29, 1.82) is 5.41 Å². The third-order valence-electron chi connectivity index (χ3n) is 11.4. The first kappa shape index (κ1) is 35.3. The number of amidine groups is 1. The number of anilines is 1. The zero-order chi connectivity index (χ0) is 37.0. The Hall–Kier alpha value is -5.79. The number of rotatable bonds is 12. The zero-order valence-electron chi connectivity index (χ0n) is 31.0. The Morgan fingerprint density at radius 3 is 2.15 bits per heavy atom. The van der Waals surface area contributed by atoms with Gasteiger partial charge in [0.25, 0.3) is 0 Å². The summed E-state index contributed by atoms with van der Waals surface area (Å²) in [4.78, 5) is 24.2. The van der Waals surface area contributed by atoms with E-state index in [0.717, 1.165) is 79.8 Å². The average molecular weight is 713 g/mol. The van der Waals surface area contributed by atoms with Gasteiger partial charge in [-0.1, -0.05) is 103 Å². The first-order valence-corrected chi connectivity index (χ1v) is 19.2. The van der Waals surface area contributed by atoms with E-state index in [0.29, 0.717) is 18.9 Å². The third kappa shape index (κ3) is 7.64. The van der Waals surface area contributed by atoms with E-state index in [-0.39, 0.29) is 11.7 Å². The molecule has 0 spiro atoms. The zero-order valence-corrected chi connectivity index (χ0v) is 31.0. The minimum absolute atomic E-state index is 0.0775. The number of aromatic nitrogens is 2. The number of carbonyl (C=O) groups excluding carboxylic acids is 1. The molecule has 1 fully saturated rings. The molecule has 0 radical (unpaired) electrons. The second-order valence-electron chi connectivity index (χ2n) is 14.9. The van der Waals surface area contributed by atoms with Crippen LogP contribution in [0.5, 0.6) is 0 Å². The minimum Gasteiger partial charge on any atom is -0.384 e. The highest BCUT2D eigenvalue weighted by molar-refractivity contribution is 6.04. The van der Waals surface area contributed by atoms with Gasteiger partial charge in [-0.3, -0.25) is 15.1 Å². The maximum Gasteiger partial charge on any atom is 0.227 e. The summed E-state index contributed by atoms with van der Waals surface area (Å²) in [5.74, 6) is 1.77. The first-order valence-electron chi connectivity index (χ1n) is 19.2. The average Bonchev–Trinajstić information content (AvgIpc) is 3.52. The second-order valence-corrected chi connectivity index (χ2v) is 14.9. The molecule has 0 atom stereocenters. The molecule has 1 saturated heterocycles. The molecule has 0 saturated carbocycles. The highest BCUT2D eigenvalue weighted by Crippen LogP contribution is 2.33. The summed E-state index contributed by atoms with van der Waals surface area (Å²) < 4.78 is 2.16. The maximum absolute atomic E-state index is 14.6. The van der Waals surface area contributed by atoms with Crippen molar-refractivity contribution < 1.29 is 4.79 Å². The van der Waals surface area contributed by atoms with Crippen molar-refractivity contribution in [3.8, 4) is 0 Å². The van der Waals surface area contributed by atoms with Crippen LogP contribution in [0.1, 0.15) is 53.8 Å². The molecule has 54 heavy (non-hydrogen) atoms. The van der Waals surface area contributed by atoms with Crippen molar-refractivity contribution in [3.05, 3.63) is 155 Å². The molecule has 0 aliphatic carbocycles. The number of aryl methyl sites for hydroxylation is 3. The van der Waals surface area contributed by atoms with Crippen LogP contribution in [0.25, 0.3) is 32.6 Å². The van der Waals surface area contributed by atoms with Crippen LogP contribution in [0.15, 0.2) is 127 Å². The fraction of sp³-hybridized carbons (Fsp3) is 0.255. The second kappa shape index (κ2) is 15.7. The predicted octanol–water partition coefficient (Wildman–Crippen LogP) is 9.17. The van der Waals surface area contributed by atoms with Crippen molar-refractivity contribution in [3.63, 3.8) is 0 Å². The highest BCUT2D eigenvalue weighted by atomic mass is 16.2. The van der Waals surface area contributed by atoms with E-state index in [9.17, 15) is 4.79 Å². The lowest BCUT2D eigenvalue weighted by Crippen LogP contribution is -2.34. The molecular formula is C47H48N6O. The highest BCUT2D eigenvalue weighted by Gasteiger charge is 2.24. The summed E-state index contributed by atoms with van der Waals surface area (Å²) in [6.07, 6.45) is 5.25. The van der Waals surface area contributed by atoms with Gasteiger partial charge in [0, 0.05) is 37.7 Å². The summed E-state index contributed by atoms with van der Waals surface area (Å²) in [7, 11) is 2.07. The number of nitrogen functional groups attached to an aromatic ring is 1. The quantitative estimate of drug-likeness (QED) is 0.0751. The normalized spacial score (nSPS) is 13.9. The van der Waals surface area contributed by atoms with Crippen LogP contribution in [-0.4, -0.2) is 39.3 Å². The van der Waals surface area contributed by atoms with E-state index in [1.807, 2.05) is 29.2 Å². The van der Waals surface area contributed by atoms with Crippen molar-refractivity contribution in [2.45, 2.75) is 51.6 Å². The lowest BCUT2D eigenvalue weighted by Gasteiger charge is -2.32. The van der Waals surface area contributed by atoms with Crippen molar-refractivity contribution in [1.82, 2.24) is 14.5 Å². The number of benzene rings is 6.